The highest BCUT2D eigenvalue weighted by Crippen LogP contribution is 2.42. The molecule has 4 aromatic heterocycles. The van der Waals surface area contributed by atoms with Gasteiger partial charge in [-0.3, -0.25) is 0 Å². The van der Waals surface area contributed by atoms with Crippen LogP contribution in [0.25, 0.3) is 27.9 Å². The Kier molecular flexibility index (Phi) is 5.32. The molecule has 0 aromatic carbocycles. The van der Waals surface area contributed by atoms with E-state index >= 15 is 0 Å². The minimum absolute atomic E-state index is 0.334. The third-order valence-electron chi connectivity index (χ3n) is 7.32. The number of aryl methyl sites for hydroxylation is 1. The second kappa shape index (κ2) is 8.40. The molecule has 1 saturated carbocycles. The lowest BCUT2D eigenvalue weighted by Crippen LogP contribution is -2.47. The van der Waals surface area contributed by atoms with Gasteiger partial charge in [0.15, 0.2) is 11.5 Å². The van der Waals surface area contributed by atoms with Crippen LogP contribution >= 0.6 is 0 Å². The van der Waals surface area contributed by atoms with E-state index in [0.29, 0.717) is 45.9 Å². The first-order valence-electron chi connectivity index (χ1n) is 12.0. The molecule has 184 valence electrons. The van der Waals surface area contributed by atoms with Gasteiger partial charge in [0.05, 0.1) is 25.5 Å². The molecule has 0 amide bonds. The predicted octanol–water partition coefficient (Wildman–Crippen LogP) is 4.13. The van der Waals surface area contributed by atoms with Gasteiger partial charge >= 0.3 is 0 Å². The molecule has 11 heteroatoms. The van der Waals surface area contributed by atoms with Gasteiger partial charge in [-0.2, -0.15) is 4.98 Å². The molecule has 1 aliphatic carbocycles. The number of anilines is 2. The van der Waals surface area contributed by atoms with Crippen LogP contribution in [0.5, 0.6) is 0 Å². The van der Waals surface area contributed by atoms with Crippen molar-refractivity contribution in [2.24, 2.45) is 5.41 Å². The number of rotatable bonds is 6. The fraction of sp³-hybridized carbons (Fsp3) is 0.500. The van der Waals surface area contributed by atoms with Gasteiger partial charge in [-0.1, -0.05) is 0 Å². The maximum absolute atomic E-state index is 13.1. The average Bonchev–Trinajstić information content (AvgIpc) is 3.38. The van der Waals surface area contributed by atoms with Crippen molar-refractivity contribution in [3.63, 3.8) is 0 Å². The maximum atomic E-state index is 13.1. The van der Waals surface area contributed by atoms with E-state index in [0.717, 1.165) is 50.0 Å². The number of pyridine rings is 1. The quantitative estimate of drug-likeness (QED) is 0.427. The van der Waals surface area contributed by atoms with Crippen LogP contribution < -0.4 is 10.6 Å². The van der Waals surface area contributed by atoms with Crippen LogP contribution in [-0.4, -0.2) is 61.9 Å². The summed E-state index contributed by atoms with van der Waals surface area (Å²) in [5.41, 5.74) is 3.67. The first kappa shape index (κ1) is 22.1. The molecule has 35 heavy (non-hydrogen) atoms. The van der Waals surface area contributed by atoms with E-state index in [-0.39, 0.29) is 0 Å². The fourth-order valence-corrected chi connectivity index (χ4v) is 5.32. The maximum Gasteiger partial charge on any atom is 0.256 e. The Bertz CT molecular complexity index is 1380. The molecule has 0 radical (unpaired) electrons. The van der Waals surface area contributed by atoms with E-state index in [1.165, 1.54) is 4.57 Å². The van der Waals surface area contributed by atoms with Crippen molar-refractivity contribution in [3.8, 4) is 11.3 Å². The van der Waals surface area contributed by atoms with Gasteiger partial charge in [-0.05, 0) is 50.8 Å². The lowest BCUT2D eigenvalue weighted by atomic mass is 9.71. The van der Waals surface area contributed by atoms with Crippen molar-refractivity contribution in [3.05, 3.63) is 30.2 Å². The highest BCUT2D eigenvalue weighted by molar-refractivity contribution is 5.89. The number of ether oxygens (including phenoxy) is 1. The summed E-state index contributed by atoms with van der Waals surface area (Å²) in [5.74, 6) is 1.75. The van der Waals surface area contributed by atoms with Crippen LogP contribution in [0.4, 0.5) is 20.5 Å². The summed E-state index contributed by atoms with van der Waals surface area (Å²) >= 11 is 0. The Hall–Kier alpha value is -3.34. The molecule has 2 aliphatic rings. The molecule has 1 aliphatic heterocycles. The molecule has 9 nitrogen and oxygen atoms in total. The monoisotopic (exact) mass is 482 g/mol. The fourth-order valence-electron chi connectivity index (χ4n) is 5.32. The van der Waals surface area contributed by atoms with Crippen LogP contribution in [0.15, 0.2) is 24.4 Å². The highest BCUT2D eigenvalue weighted by Gasteiger charge is 2.41. The number of fused-ring (bicyclic) bond motifs is 2. The summed E-state index contributed by atoms with van der Waals surface area (Å²) in [7, 11) is 1.82. The van der Waals surface area contributed by atoms with E-state index in [2.05, 4.69) is 15.6 Å². The van der Waals surface area contributed by atoms with Gasteiger partial charge in [-0.15, -0.1) is 5.10 Å². The summed E-state index contributed by atoms with van der Waals surface area (Å²) in [6.45, 7) is 3.05. The molecule has 1 spiro atoms. The standard InChI is InChI=1S/C24H28F2N8O/c1-14-28-18-4-3-17(30-22(18)33(14)11-19(25)26)16-7-10-34-20(16)21(27-2)31-23(32-34)29-15-5-8-24(9-6-15)12-35-13-24/h3-4,7,10,15,19H,5-6,8-9,11-13H2,1-2H3,(H2,27,29,31,32). The lowest BCUT2D eigenvalue weighted by molar-refractivity contribution is -0.131. The zero-order chi connectivity index (χ0) is 24.2. The largest absolute Gasteiger partial charge is 0.380 e. The number of halogens is 2. The Morgan fingerprint density at radius 2 is 1.94 bits per heavy atom. The molecule has 0 unspecified atom stereocenters. The highest BCUT2D eigenvalue weighted by atomic mass is 19.3. The van der Waals surface area contributed by atoms with Gasteiger partial charge in [0.1, 0.15) is 16.9 Å². The summed E-state index contributed by atoms with van der Waals surface area (Å²) in [5, 5.41) is 11.4. The van der Waals surface area contributed by atoms with Crippen molar-refractivity contribution >= 4 is 28.4 Å². The number of alkyl halides is 2. The van der Waals surface area contributed by atoms with Gasteiger partial charge in [0.25, 0.3) is 6.43 Å². The third-order valence-corrected chi connectivity index (χ3v) is 7.32. The van der Waals surface area contributed by atoms with Gasteiger partial charge < -0.3 is 19.9 Å². The number of nitrogens with zero attached hydrogens (tertiary/aromatic N) is 6. The smallest absolute Gasteiger partial charge is 0.256 e. The van der Waals surface area contributed by atoms with Gasteiger partial charge in [-0.25, -0.2) is 23.3 Å². The Morgan fingerprint density at radius 3 is 2.63 bits per heavy atom. The van der Waals surface area contributed by atoms with Crippen molar-refractivity contribution in [2.45, 2.75) is 51.6 Å². The van der Waals surface area contributed by atoms with Crippen LogP contribution in [0.1, 0.15) is 31.5 Å². The van der Waals surface area contributed by atoms with E-state index in [9.17, 15) is 8.78 Å². The van der Waals surface area contributed by atoms with Crippen molar-refractivity contribution in [1.82, 2.24) is 29.1 Å². The van der Waals surface area contributed by atoms with E-state index in [1.54, 1.807) is 11.4 Å². The van der Waals surface area contributed by atoms with Crippen molar-refractivity contribution in [1.29, 1.82) is 0 Å². The van der Waals surface area contributed by atoms with E-state index in [4.69, 9.17) is 19.8 Å². The zero-order valence-corrected chi connectivity index (χ0v) is 19.8. The first-order chi connectivity index (χ1) is 16.9. The molecule has 4 aromatic rings. The molecule has 0 atom stereocenters. The Labute approximate surface area is 200 Å². The van der Waals surface area contributed by atoms with Gasteiger partial charge in [0.2, 0.25) is 5.95 Å². The zero-order valence-electron chi connectivity index (χ0n) is 19.8. The second-order valence-electron chi connectivity index (χ2n) is 9.67. The average molecular weight is 483 g/mol. The normalized spacial score (nSPS) is 18.0. The topological polar surface area (TPSA) is 94.2 Å². The number of hydrogen-bond donors (Lipinski definition) is 2. The van der Waals surface area contributed by atoms with Crippen LogP contribution in [0, 0.1) is 12.3 Å². The summed E-state index contributed by atoms with van der Waals surface area (Å²) in [6.07, 6.45) is 3.86. The van der Waals surface area contributed by atoms with Crippen LogP contribution in [-0.2, 0) is 11.3 Å². The minimum Gasteiger partial charge on any atom is -0.380 e. The lowest BCUT2D eigenvalue weighted by Gasteiger charge is -2.46. The molecule has 2 fully saturated rings. The van der Waals surface area contributed by atoms with Crippen molar-refractivity contribution < 1.29 is 13.5 Å². The summed E-state index contributed by atoms with van der Waals surface area (Å²) < 4.78 is 35.0. The first-order valence-corrected chi connectivity index (χ1v) is 12.0. The number of nitrogens with one attached hydrogen (secondary N) is 2. The number of imidazole rings is 1. The van der Waals surface area contributed by atoms with E-state index < -0.39 is 13.0 Å². The minimum atomic E-state index is -2.49. The molecule has 6 rings (SSSR count). The molecule has 1 saturated heterocycles. The molecule has 2 N–H and O–H groups in total. The van der Waals surface area contributed by atoms with Gasteiger partial charge in [0, 0.05) is 30.3 Å². The second-order valence-corrected chi connectivity index (χ2v) is 9.67. The predicted molar refractivity (Wildman–Crippen MR) is 129 cm³/mol. The SMILES string of the molecule is CNc1nc(NC2CCC3(CC2)COC3)nn2ccc(-c3ccc4nc(C)n(CC(F)F)c4n3)c12. The van der Waals surface area contributed by atoms with E-state index in [1.807, 2.05) is 31.4 Å². The Morgan fingerprint density at radius 1 is 1.14 bits per heavy atom. The molecular formula is C24H28F2N8O. The summed E-state index contributed by atoms with van der Waals surface area (Å²) in [6, 6.07) is 5.92. The molecule has 0 bridgehead atoms. The van der Waals surface area contributed by atoms with Crippen LogP contribution in [0.3, 0.4) is 0 Å². The summed E-state index contributed by atoms with van der Waals surface area (Å²) in [4.78, 5) is 13.8. The van der Waals surface area contributed by atoms with Crippen molar-refractivity contribution in [2.75, 3.05) is 30.9 Å². The van der Waals surface area contributed by atoms with Crippen LogP contribution in [0.2, 0.25) is 0 Å². The third kappa shape index (κ3) is 3.87. The number of aromatic nitrogens is 6. The molecule has 5 heterocycles. The number of hydrogen-bond acceptors (Lipinski definition) is 7. The Balaban J connectivity index is 1.32. The molecular weight excluding hydrogens is 454 g/mol.